The third-order valence-corrected chi connectivity index (χ3v) is 15.6. The van der Waals surface area contributed by atoms with E-state index < -0.39 is 5.41 Å². The molecule has 0 saturated heterocycles. The first kappa shape index (κ1) is 44.2. The molecular weight excluding hydrogens is 855 g/mol. The van der Waals surface area contributed by atoms with E-state index >= 15 is 0 Å². The Labute approximate surface area is 420 Å². The van der Waals surface area contributed by atoms with Gasteiger partial charge in [0.15, 0.2) is 0 Å². The first-order valence-corrected chi connectivity index (χ1v) is 25.9. The predicted octanol–water partition coefficient (Wildman–Crippen LogP) is 19.2. The lowest BCUT2D eigenvalue weighted by atomic mass is 9.67. The second-order valence-electron chi connectivity index (χ2n) is 19.7. The van der Waals surface area contributed by atoms with Crippen LogP contribution in [0, 0.1) is 0 Å². The van der Waals surface area contributed by atoms with Crippen LogP contribution < -0.4 is 4.90 Å². The van der Waals surface area contributed by atoms with E-state index in [0.717, 1.165) is 49.2 Å². The Bertz CT molecular complexity index is 3270. The van der Waals surface area contributed by atoms with Gasteiger partial charge in [-0.3, -0.25) is 0 Å². The largest absolute Gasteiger partial charge is 0.311 e. The molecule has 0 aromatic heterocycles. The quantitative estimate of drug-likeness (QED) is 0.139. The van der Waals surface area contributed by atoms with Crippen molar-refractivity contribution >= 4 is 28.2 Å². The van der Waals surface area contributed by atoms with Gasteiger partial charge < -0.3 is 4.90 Å². The van der Waals surface area contributed by atoms with Crippen LogP contribution in [0.5, 0.6) is 0 Å². The van der Waals surface area contributed by atoms with Gasteiger partial charge in [-0.05, 0) is 188 Å². The summed E-state index contributed by atoms with van der Waals surface area (Å²) >= 11 is 0. The summed E-state index contributed by atoms with van der Waals surface area (Å²) < 4.78 is 0. The Morgan fingerprint density at radius 2 is 0.718 bits per heavy atom. The van der Waals surface area contributed by atoms with E-state index in [2.05, 4.69) is 241 Å². The number of nitrogens with zero attached hydrogens (tertiary/aromatic N) is 1. The SMILES string of the molecule is C=C1CCCCC/C(c2ccc3c(c2)C(c2ccccc2)(c2ccccc2)c2ccccc2-3)=C2/CCCCC2=C1c1ccc(N(c2ccc(-c3ccccc3)cc2)c2ccc(-c3ccccc3)cc2)cc1. The maximum atomic E-state index is 4.92. The van der Waals surface area contributed by atoms with Crippen LogP contribution in [0.2, 0.25) is 0 Å². The topological polar surface area (TPSA) is 3.24 Å². The summed E-state index contributed by atoms with van der Waals surface area (Å²) in [7, 11) is 0. The Kier molecular flexibility index (Phi) is 12.1. The number of hydrogen-bond donors (Lipinski definition) is 0. The fourth-order valence-electron chi connectivity index (χ4n) is 12.2. The molecule has 0 radical (unpaired) electrons. The summed E-state index contributed by atoms with van der Waals surface area (Å²) in [5, 5.41) is 0. The second-order valence-corrected chi connectivity index (χ2v) is 19.7. The molecule has 1 saturated carbocycles. The smallest absolute Gasteiger partial charge is 0.0713 e. The van der Waals surface area contributed by atoms with Crippen LogP contribution in [0.1, 0.15) is 91.2 Å². The summed E-state index contributed by atoms with van der Waals surface area (Å²) in [4.78, 5) is 2.40. The van der Waals surface area contributed by atoms with E-state index in [9.17, 15) is 0 Å². The van der Waals surface area contributed by atoms with Crippen LogP contribution in [0.15, 0.2) is 260 Å². The van der Waals surface area contributed by atoms with Gasteiger partial charge in [-0.15, -0.1) is 0 Å². The molecule has 3 aliphatic carbocycles. The molecule has 344 valence electrons. The minimum Gasteiger partial charge on any atom is -0.311 e. The number of benzene rings is 9. The fraction of sp³-hybridized carbons (Fsp3) is 0.143. The Morgan fingerprint density at radius 1 is 0.310 bits per heavy atom. The Balaban J connectivity index is 0.981. The summed E-state index contributed by atoms with van der Waals surface area (Å²) in [5.74, 6) is 0. The fourth-order valence-corrected chi connectivity index (χ4v) is 12.2. The van der Waals surface area contributed by atoms with E-state index in [-0.39, 0.29) is 0 Å². The van der Waals surface area contributed by atoms with Crippen molar-refractivity contribution < 1.29 is 0 Å². The van der Waals surface area contributed by atoms with Crippen molar-refractivity contribution in [3.63, 3.8) is 0 Å². The van der Waals surface area contributed by atoms with E-state index in [4.69, 9.17) is 6.58 Å². The van der Waals surface area contributed by atoms with E-state index in [1.807, 2.05) is 0 Å². The molecule has 0 spiro atoms. The maximum Gasteiger partial charge on any atom is 0.0713 e. The van der Waals surface area contributed by atoms with Crippen molar-refractivity contribution in [3.05, 3.63) is 293 Å². The minimum absolute atomic E-state index is 0.431. The van der Waals surface area contributed by atoms with Crippen LogP contribution in [0.3, 0.4) is 0 Å². The zero-order chi connectivity index (χ0) is 47.6. The highest BCUT2D eigenvalue weighted by Gasteiger charge is 2.46. The molecule has 71 heavy (non-hydrogen) atoms. The Hall–Kier alpha value is -8.00. The highest BCUT2D eigenvalue weighted by atomic mass is 15.1. The minimum atomic E-state index is -0.431. The van der Waals surface area contributed by atoms with Crippen molar-refractivity contribution in [3.8, 4) is 33.4 Å². The molecule has 0 bridgehead atoms. The van der Waals surface area contributed by atoms with Gasteiger partial charge in [0.25, 0.3) is 0 Å². The van der Waals surface area contributed by atoms with Crippen LogP contribution in [-0.2, 0) is 5.41 Å². The highest BCUT2D eigenvalue weighted by molar-refractivity contribution is 5.91. The molecule has 1 fully saturated rings. The van der Waals surface area contributed by atoms with Gasteiger partial charge in [0, 0.05) is 17.1 Å². The van der Waals surface area contributed by atoms with Crippen LogP contribution in [0.25, 0.3) is 44.5 Å². The molecule has 3 aliphatic rings. The number of anilines is 3. The number of allylic oxidation sites excluding steroid dienone is 5. The first-order chi connectivity index (χ1) is 35.1. The summed E-state index contributed by atoms with van der Waals surface area (Å²) in [6.07, 6.45) is 10.2. The molecule has 9 aromatic rings. The maximum absolute atomic E-state index is 4.92. The molecule has 0 unspecified atom stereocenters. The second kappa shape index (κ2) is 19.4. The molecule has 0 atom stereocenters. The van der Waals surface area contributed by atoms with Crippen molar-refractivity contribution in [2.24, 2.45) is 0 Å². The van der Waals surface area contributed by atoms with Gasteiger partial charge in [-0.1, -0.05) is 207 Å². The molecular formula is C70H59N. The van der Waals surface area contributed by atoms with Gasteiger partial charge in [0.2, 0.25) is 0 Å². The van der Waals surface area contributed by atoms with Crippen molar-refractivity contribution in [2.45, 2.75) is 63.2 Å². The number of fused-ring (bicyclic) bond motifs is 4. The van der Waals surface area contributed by atoms with Gasteiger partial charge in [-0.2, -0.15) is 0 Å². The van der Waals surface area contributed by atoms with Crippen LogP contribution in [-0.4, -0.2) is 0 Å². The Morgan fingerprint density at radius 3 is 1.28 bits per heavy atom. The van der Waals surface area contributed by atoms with Gasteiger partial charge in [0.1, 0.15) is 0 Å². The molecule has 0 heterocycles. The van der Waals surface area contributed by atoms with Gasteiger partial charge >= 0.3 is 0 Å². The van der Waals surface area contributed by atoms with Crippen LogP contribution in [0.4, 0.5) is 17.1 Å². The summed E-state index contributed by atoms with van der Waals surface area (Å²) in [6, 6.07) is 87.9. The lowest BCUT2D eigenvalue weighted by Crippen LogP contribution is -2.28. The molecule has 0 aliphatic heterocycles. The van der Waals surface area contributed by atoms with E-state index in [0.29, 0.717) is 0 Å². The number of rotatable bonds is 9. The zero-order valence-corrected chi connectivity index (χ0v) is 40.5. The molecule has 0 N–H and O–H groups in total. The van der Waals surface area contributed by atoms with E-state index in [1.54, 1.807) is 5.57 Å². The van der Waals surface area contributed by atoms with Gasteiger partial charge in [-0.25, -0.2) is 0 Å². The van der Waals surface area contributed by atoms with Crippen molar-refractivity contribution in [1.29, 1.82) is 0 Å². The van der Waals surface area contributed by atoms with E-state index in [1.165, 1.54) is 115 Å². The highest BCUT2D eigenvalue weighted by Crippen LogP contribution is 2.57. The molecule has 1 nitrogen and oxygen atoms in total. The average molecular weight is 914 g/mol. The number of hydrogen-bond acceptors (Lipinski definition) is 1. The van der Waals surface area contributed by atoms with Crippen molar-refractivity contribution in [1.82, 2.24) is 0 Å². The summed E-state index contributed by atoms with van der Waals surface area (Å²) in [6.45, 7) is 4.92. The first-order valence-electron chi connectivity index (χ1n) is 25.9. The molecule has 1 heteroatoms. The normalized spacial score (nSPS) is 16.4. The molecule has 12 rings (SSSR count). The standard InChI is InChI=1S/C70H59N/c1-50-21-7-2-16-30-62(56-41-48-65-64-32-19-20-34-67(64)70(68(65)49-56,57-26-12-5-13-27-57)58-28-14-6-15-29-58)63-31-17-18-33-66(63)69(50)55-39-46-61(47-40-55)71(59-42-35-53(36-43-59)51-22-8-3-9-23-51)60-44-37-54(38-45-60)52-24-10-4-11-25-52/h3-6,8-15,19-20,22-29,32,34-49H,1-2,7,16-18,21,30-31,33H2/b63-62+,69-66?. The predicted molar refractivity (Wildman–Crippen MR) is 300 cm³/mol. The van der Waals surface area contributed by atoms with Gasteiger partial charge in [0.05, 0.1) is 5.41 Å². The van der Waals surface area contributed by atoms with Crippen LogP contribution >= 0.6 is 0 Å². The zero-order valence-electron chi connectivity index (χ0n) is 40.5. The molecule has 0 amide bonds. The third-order valence-electron chi connectivity index (χ3n) is 15.6. The molecule has 9 aromatic carbocycles. The lowest BCUT2D eigenvalue weighted by molar-refractivity contribution is 0.661. The summed E-state index contributed by atoms with van der Waals surface area (Å²) in [5.41, 5.74) is 25.7. The lowest BCUT2D eigenvalue weighted by Gasteiger charge is -2.34. The average Bonchev–Trinajstić information content (AvgIpc) is 3.74. The van der Waals surface area contributed by atoms with Crippen molar-refractivity contribution in [2.75, 3.05) is 4.90 Å². The third kappa shape index (κ3) is 8.20. The monoisotopic (exact) mass is 913 g/mol.